The van der Waals surface area contributed by atoms with E-state index in [1.54, 1.807) is 6.07 Å². The van der Waals surface area contributed by atoms with Crippen molar-refractivity contribution in [2.75, 3.05) is 7.05 Å². The van der Waals surface area contributed by atoms with Gasteiger partial charge in [-0.3, -0.25) is 0 Å². The van der Waals surface area contributed by atoms with Crippen molar-refractivity contribution in [3.05, 3.63) is 15.8 Å². The fourth-order valence-corrected chi connectivity index (χ4v) is 4.84. The fourth-order valence-electron chi connectivity index (χ4n) is 1.79. The smallest absolute Gasteiger partial charge is 0.241 e. The predicted octanol–water partition coefficient (Wildman–Crippen LogP) is 2.24. The van der Waals surface area contributed by atoms with Gasteiger partial charge in [-0.2, -0.15) is 0 Å². The Balaban J connectivity index is 2.97. The lowest BCUT2D eigenvalue weighted by molar-refractivity contribution is 0.530. The molecule has 0 unspecified atom stereocenters. The number of sulfonamides is 1. The monoisotopic (exact) mass is 290 g/mol. The minimum absolute atomic E-state index is 0.0158. The Morgan fingerprint density at radius 3 is 2.44 bits per heavy atom. The summed E-state index contributed by atoms with van der Waals surface area (Å²) in [4.78, 5) is 2.31. The first-order chi connectivity index (χ1) is 8.44. The largest absolute Gasteiger partial charge is 0.315 e. The van der Waals surface area contributed by atoms with E-state index in [1.165, 1.54) is 11.3 Å². The van der Waals surface area contributed by atoms with Crippen molar-refractivity contribution in [2.45, 2.75) is 51.1 Å². The molecule has 0 radical (unpaired) electrons. The highest BCUT2D eigenvalue weighted by Gasteiger charge is 2.22. The van der Waals surface area contributed by atoms with Gasteiger partial charge in [-0.1, -0.05) is 13.8 Å². The van der Waals surface area contributed by atoms with Gasteiger partial charge in [0.2, 0.25) is 10.0 Å². The third-order valence-corrected chi connectivity index (χ3v) is 5.70. The summed E-state index contributed by atoms with van der Waals surface area (Å²) in [6, 6.07) is 1.78. The lowest BCUT2D eigenvalue weighted by Gasteiger charge is -2.14. The maximum atomic E-state index is 12.3. The minimum Gasteiger partial charge on any atom is -0.315 e. The van der Waals surface area contributed by atoms with Crippen LogP contribution in [0.2, 0.25) is 0 Å². The fraction of sp³-hybridized carbons (Fsp3) is 0.667. The Kier molecular flexibility index (Phi) is 5.78. The SMILES string of the molecule is CCC(CC)NS(=O)(=O)c1cc(CNC)sc1C. The van der Waals surface area contributed by atoms with E-state index in [-0.39, 0.29) is 6.04 Å². The van der Waals surface area contributed by atoms with Gasteiger partial charge in [0, 0.05) is 22.3 Å². The summed E-state index contributed by atoms with van der Waals surface area (Å²) in [6.45, 7) is 6.53. The number of hydrogen-bond acceptors (Lipinski definition) is 4. The van der Waals surface area contributed by atoms with Crippen molar-refractivity contribution >= 4 is 21.4 Å². The van der Waals surface area contributed by atoms with E-state index in [9.17, 15) is 8.42 Å². The van der Waals surface area contributed by atoms with Gasteiger partial charge in [0.1, 0.15) is 0 Å². The molecular formula is C12H22N2O2S2. The molecule has 1 aromatic rings. The Labute approximate surface area is 114 Å². The van der Waals surface area contributed by atoms with Crippen LogP contribution < -0.4 is 10.0 Å². The zero-order chi connectivity index (χ0) is 13.8. The van der Waals surface area contributed by atoms with Crippen molar-refractivity contribution < 1.29 is 8.42 Å². The van der Waals surface area contributed by atoms with Crippen molar-refractivity contribution in [1.29, 1.82) is 0 Å². The quantitative estimate of drug-likeness (QED) is 0.809. The van der Waals surface area contributed by atoms with Gasteiger partial charge < -0.3 is 5.32 Å². The number of rotatable bonds is 7. The molecule has 1 heterocycles. The Morgan fingerprint density at radius 1 is 1.33 bits per heavy atom. The number of thiophene rings is 1. The molecule has 0 saturated carbocycles. The molecule has 0 aliphatic carbocycles. The van der Waals surface area contributed by atoms with Gasteiger partial charge in [-0.05, 0) is 32.9 Å². The first-order valence-electron chi connectivity index (χ1n) is 6.20. The average Bonchev–Trinajstić information content (AvgIpc) is 2.68. The molecule has 0 bridgehead atoms. The Bertz CT molecular complexity index is 476. The molecule has 104 valence electrons. The molecule has 0 aromatic carbocycles. The maximum absolute atomic E-state index is 12.3. The van der Waals surface area contributed by atoms with Gasteiger partial charge in [-0.15, -0.1) is 11.3 Å². The van der Waals surface area contributed by atoms with Gasteiger partial charge in [0.25, 0.3) is 0 Å². The van der Waals surface area contributed by atoms with Gasteiger partial charge in [0.05, 0.1) is 4.90 Å². The first kappa shape index (κ1) is 15.6. The third-order valence-electron chi connectivity index (χ3n) is 2.87. The standard InChI is InChI=1S/C12H22N2O2S2/c1-5-10(6-2)14-18(15,16)12-7-11(8-13-4)17-9(12)3/h7,10,13-14H,5-6,8H2,1-4H3. The summed E-state index contributed by atoms with van der Waals surface area (Å²) >= 11 is 1.53. The van der Waals surface area contributed by atoms with Crippen molar-refractivity contribution in [3.8, 4) is 0 Å². The molecule has 0 amide bonds. The predicted molar refractivity (Wildman–Crippen MR) is 76.5 cm³/mol. The average molecular weight is 290 g/mol. The molecule has 0 atom stereocenters. The summed E-state index contributed by atoms with van der Waals surface area (Å²) in [5, 5.41) is 3.03. The molecule has 2 N–H and O–H groups in total. The molecule has 6 heteroatoms. The summed E-state index contributed by atoms with van der Waals surface area (Å²) in [5.41, 5.74) is 0. The molecule has 0 saturated heterocycles. The highest BCUT2D eigenvalue weighted by molar-refractivity contribution is 7.89. The molecular weight excluding hydrogens is 268 g/mol. The van der Waals surface area contributed by atoms with E-state index >= 15 is 0 Å². The van der Waals surface area contributed by atoms with Crippen molar-refractivity contribution in [2.24, 2.45) is 0 Å². The van der Waals surface area contributed by atoms with Crippen molar-refractivity contribution in [3.63, 3.8) is 0 Å². The van der Waals surface area contributed by atoms with Crippen LogP contribution in [0.25, 0.3) is 0 Å². The van der Waals surface area contributed by atoms with E-state index in [4.69, 9.17) is 0 Å². The Hall–Kier alpha value is -0.430. The second-order valence-electron chi connectivity index (χ2n) is 4.30. The zero-order valence-corrected chi connectivity index (χ0v) is 13.0. The Morgan fingerprint density at radius 2 is 1.94 bits per heavy atom. The minimum atomic E-state index is -3.38. The van der Waals surface area contributed by atoms with Crippen molar-refractivity contribution in [1.82, 2.24) is 10.0 Å². The summed E-state index contributed by atoms with van der Waals surface area (Å²) in [5.74, 6) is 0. The van der Waals surface area contributed by atoms with Crippen LogP contribution in [-0.4, -0.2) is 21.5 Å². The van der Waals surface area contributed by atoms with Gasteiger partial charge >= 0.3 is 0 Å². The third kappa shape index (κ3) is 3.78. The molecule has 4 nitrogen and oxygen atoms in total. The molecule has 1 rings (SSSR count). The highest BCUT2D eigenvalue weighted by Crippen LogP contribution is 2.26. The van der Waals surface area contributed by atoms with Crippen LogP contribution in [0, 0.1) is 6.92 Å². The second-order valence-corrected chi connectivity index (χ2v) is 7.32. The van der Waals surface area contributed by atoms with Crippen LogP contribution >= 0.6 is 11.3 Å². The lowest BCUT2D eigenvalue weighted by atomic mass is 10.2. The molecule has 0 fully saturated rings. The van der Waals surface area contributed by atoms with Crippen LogP contribution in [-0.2, 0) is 16.6 Å². The van der Waals surface area contributed by atoms with E-state index in [0.29, 0.717) is 11.4 Å². The van der Waals surface area contributed by atoms with Crippen LogP contribution in [0.3, 0.4) is 0 Å². The normalized spacial score (nSPS) is 12.3. The number of hydrogen-bond donors (Lipinski definition) is 2. The lowest BCUT2D eigenvalue weighted by Crippen LogP contribution is -2.33. The second kappa shape index (κ2) is 6.65. The maximum Gasteiger partial charge on any atom is 0.241 e. The molecule has 0 aliphatic heterocycles. The topological polar surface area (TPSA) is 58.2 Å². The molecule has 18 heavy (non-hydrogen) atoms. The van der Waals surface area contributed by atoms with E-state index in [0.717, 1.165) is 22.6 Å². The van der Waals surface area contributed by atoms with Gasteiger partial charge in [0.15, 0.2) is 0 Å². The summed E-state index contributed by atoms with van der Waals surface area (Å²) < 4.78 is 27.3. The summed E-state index contributed by atoms with van der Waals surface area (Å²) in [7, 11) is -1.53. The van der Waals surface area contributed by atoms with E-state index in [1.807, 2.05) is 27.8 Å². The van der Waals surface area contributed by atoms with Crippen LogP contribution in [0.1, 0.15) is 36.4 Å². The first-order valence-corrected chi connectivity index (χ1v) is 8.50. The van der Waals surface area contributed by atoms with E-state index < -0.39 is 10.0 Å². The zero-order valence-electron chi connectivity index (χ0n) is 11.4. The van der Waals surface area contributed by atoms with Crippen LogP contribution in [0.15, 0.2) is 11.0 Å². The van der Waals surface area contributed by atoms with Crippen LogP contribution in [0.5, 0.6) is 0 Å². The number of aryl methyl sites for hydroxylation is 1. The van der Waals surface area contributed by atoms with Crippen LogP contribution in [0.4, 0.5) is 0 Å². The van der Waals surface area contributed by atoms with Gasteiger partial charge in [-0.25, -0.2) is 13.1 Å². The molecule has 0 aliphatic rings. The highest BCUT2D eigenvalue weighted by atomic mass is 32.2. The molecule has 1 aromatic heterocycles. The molecule has 0 spiro atoms. The van der Waals surface area contributed by atoms with E-state index in [2.05, 4.69) is 10.0 Å². The summed E-state index contributed by atoms with van der Waals surface area (Å²) in [6.07, 6.45) is 1.62. The number of nitrogens with one attached hydrogen (secondary N) is 2.